The Kier molecular flexibility index (Phi) is 4.80. The highest BCUT2D eigenvalue weighted by atomic mass is 16.3. The number of carbonyl (C=O) groups excluding carboxylic acids is 1. The first-order chi connectivity index (χ1) is 9.20. The lowest BCUT2D eigenvalue weighted by Gasteiger charge is -2.19. The molecule has 4 nitrogen and oxygen atoms in total. The van der Waals surface area contributed by atoms with E-state index in [9.17, 15) is 9.90 Å². The van der Waals surface area contributed by atoms with Gasteiger partial charge in [-0.3, -0.25) is 4.79 Å². The maximum atomic E-state index is 11.9. The van der Waals surface area contributed by atoms with Gasteiger partial charge in [0.15, 0.2) is 0 Å². The molecule has 0 radical (unpaired) electrons. The van der Waals surface area contributed by atoms with Crippen LogP contribution >= 0.6 is 0 Å². The predicted octanol–water partition coefficient (Wildman–Crippen LogP) is 1.48. The first-order valence-electron chi connectivity index (χ1n) is 6.94. The molecule has 1 aromatic carbocycles. The average Bonchev–Trinajstić information content (AvgIpc) is 2.85. The van der Waals surface area contributed by atoms with Crippen LogP contribution < -0.4 is 11.1 Å². The summed E-state index contributed by atoms with van der Waals surface area (Å²) in [6, 6.07) is 7.78. The van der Waals surface area contributed by atoms with Crippen molar-refractivity contribution < 1.29 is 9.90 Å². The van der Waals surface area contributed by atoms with E-state index in [4.69, 9.17) is 5.73 Å². The number of nitrogen functional groups attached to an aromatic ring is 1. The molecular weight excluding hydrogens is 240 g/mol. The number of nitrogens with one attached hydrogen (secondary N) is 1. The van der Waals surface area contributed by atoms with Crippen molar-refractivity contribution in [1.29, 1.82) is 0 Å². The number of benzene rings is 1. The number of amides is 1. The zero-order valence-electron chi connectivity index (χ0n) is 11.1. The number of carbonyl (C=O) groups is 1. The lowest BCUT2D eigenvalue weighted by molar-refractivity contribution is -0.122. The lowest BCUT2D eigenvalue weighted by Crippen LogP contribution is -2.38. The van der Waals surface area contributed by atoms with Gasteiger partial charge in [-0.25, -0.2) is 0 Å². The topological polar surface area (TPSA) is 75.4 Å². The molecular formula is C15H22N2O2. The fraction of sp³-hybridized carbons (Fsp3) is 0.533. The Labute approximate surface area is 114 Å². The average molecular weight is 262 g/mol. The molecule has 0 spiro atoms. The molecule has 104 valence electrons. The van der Waals surface area contributed by atoms with Crippen LogP contribution in [0.25, 0.3) is 0 Å². The molecule has 4 heteroatoms. The van der Waals surface area contributed by atoms with E-state index in [1.807, 2.05) is 24.3 Å². The van der Waals surface area contributed by atoms with Gasteiger partial charge in [-0.05, 0) is 30.9 Å². The number of hydrogen-bond donors (Lipinski definition) is 3. The summed E-state index contributed by atoms with van der Waals surface area (Å²) >= 11 is 0. The SMILES string of the molecule is Nc1ccccc1CCC(=O)NC1CCCC1CO. The zero-order valence-corrected chi connectivity index (χ0v) is 11.1. The molecule has 0 aromatic heterocycles. The zero-order chi connectivity index (χ0) is 13.7. The summed E-state index contributed by atoms with van der Waals surface area (Å²) in [6.45, 7) is 0.163. The normalized spacial score (nSPS) is 22.4. The van der Waals surface area contributed by atoms with Crippen molar-refractivity contribution in [2.24, 2.45) is 5.92 Å². The Balaban J connectivity index is 1.80. The van der Waals surface area contributed by atoms with Gasteiger partial charge < -0.3 is 16.2 Å². The van der Waals surface area contributed by atoms with E-state index in [0.717, 1.165) is 30.5 Å². The number of aliphatic hydroxyl groups is 1. The van der Waals surface area contributed by atoms with E-state index in [0.29, 0.717) is 12.8 Å². The second kappa shape index (κ2) is 6.57. The molecule has 1 aromatic rings. The Morgan fingerprint density at radius 1 is 1.37 bits per heavy atom. The fourth-order valence-electron chi connectivity index (χ4n) is 2.73. The van der Waals surface area contributed by atoms with Crippen molar-refractivity contribution in [2.75, 3.05) is 12.3 Å². The molecule has 1 aliphatic rings. The predicted molar refractivity (Wildman–Crippen MR) is 75.5 cm³/mol. The van der Waals surface area contributed by atoms with Gasteiger partial charge in [-0.1, -0.05) is 24.6 Å². The van der Waals surface area contributed by atoms with E-state index < -0.39 is 0 Å². The van der Waals surface area contributed by atoms with Gasteiger partial charge in [-0.2, -0.15) is 0 Å². The standard InChI is InChI=1S/C15H22N2O2/c16-13-6-2-1-4-11(13)8-9-15(19)17-14-7-3-5-12(14)10-18/h1-2,4,6,12,14,18H,3,5,7-10,16H2,(H,17,19). The first kappa shape index (κ1) is 13.9. The van der Waals surface area contributed by atoms with Gasteiger partial charge in [0.05, 0.1) is 0 Å². The van der Waals surface area contributed by atoms with E-state index in [-0.39, 0.29) is 24.5 Å². The number of aliphatic hydroxyl groups excluding tert-OH is 1. The molecule has 4 N–H and O–H groups in total. The van der Waals surface area contributed by atoms with Crippen LogP contribution in [0.4, 0.5) is 5.69 Å². The van der Waals surface area contributed by atoms with Crippen LogP contribution in [-0.2, 0) is 11.2 Å². The van der Waals surface area contributed by atoms with Crippen molar-refractivity contribution >= 4 is 11.6 Å². The summed E-state index contributed by atoms with van der Waals surface area (Å²) in [7, 11) is 0. The van der Waals surface area contributed by atoms with E-state index in [2.05, 4.69) is 5.32 Å². The molecule has 2 atom stereocenters. The molecule has 0 bridgehead atoms. The Morgan fingerprint density at radius 2 is 2.16 bits per heavy atom. The minimum Gasteiger partial charge on any atom is -0.399 e. The molecule has 0 aliphatic heterocycles. The molecule has 2 rings (SSSR count). The van der Waals surface area contributed by atoms with Crippen LogP contribution in [0.15, 0.2) is 24.3 Å². The van der Waals surface area contributed by atoms with Gasteiger partial charge >= 0.3 is 0 Å². The van der Waals surface area contributed by atoms with Crippen LogP contribution in [0.5, 0.6) is 0 Å². The number of aryl methyl sites for hydroxylation is 1. The van der Waals surface area contributed by atoms with Gasteiger partial charge in [0.1, 0.15) is 0 Å². The second-order valence-corrected chi connectivity index (χ2v) is 5.25. The number of para-hydroxylation sites is 1. The van der Waals surface area contributed by atoms with Crippen molar-refractivity contribution in [3.63, 3.8) is 0 Å². The van der Waals surface area contributed by atoms with Gasteiger partial charge in [0.25, 0.3) is 0 Å². The molecule has 1 amide bonds. The third-order valence-corrected chi connectivity index (χ3v) is 3.92. The number of hydrogen-bond acceptors (Lipinski definition) is 3. The van der Waals surface area contributed by atoms with Gasteiger partial charge in [-0.15, -0.1) is 0 Å². The molecule has 1 fully saturated rings. The number of anilines is 1. The van der Waals surface area contributed by atoms with E-state index in [1.54, 1.807) is 0 Å². The van der Waals surface area contributed by atoms with Crippen LogP contribution in [0.3, 0.4) is 0 Å². The Morgan fingerprint density at radius 3 is 2.89 bits per heavy atom. The number of nitrogens with two attached hydrogens (primary N) is 1. The van der Waals surface area contributed by atoms with Crippen LogP contribution in [0, 0.1) is 5.92 Å². The summed E-state index contributed by atoms with van der Waals surface area (Å²) in [5.74, 6) is 0.277. The third kappa shape index (κ3) is 3.70. The first-order valence-corrected chi connectivity index (χ1v) is 6.94. The van der Waals surface area contributed by atoms with Crippen molar-refractivity contribution in [2.45, 2.75) is 38.1 Å². The van der Waals surface area contributed by atoms with Crippen molar-refractivity contribution in [3.8, 4) is 0 Å². The summed E-state index contributed by atoms with van der Waals surface area (Å²) in [4.78, 5) is 11.9. The summed E-state index contributed by atoms with van der Waals surface area (Å²) < 4.78 is 0. The van der Waals surface area contributed by atoms with Gasteiger partial charge in [0.2, 0.25) is 5.91 Å². The highest BCUT2D eigenvalue weighted by Crippen LogP contribution is 2.25. The largest absolute Gasteiger partial charge is 0.399 e. The summed E-state index contributed by atoms with van der Waals surface area (Å²) in [5.41, 5.74) is 7.61. The molecule has 1 aliphatic carbocycles. The molecule has 0 heterocycles. The second-order valence-electron chi connectivity index (χ2n) is 5.25. The third-order valence-electron chi connectivity index (χ3n) is 3.92. The van der Waals surface area contributed by atoms with Crippen LogP contribution in [-0.4, -0.2) is 23.7 Å². The quantitative estimate of drug-likeness (QED) is 0.704. The number of rotatable bonds is 5. The summed E-state index contributed by atoms with van der Waals surface area (Å²) in [5, 5.41) is 12.3. The smallest absolute Gasteiger partial charge is 0.220 e. The maximum absolute atomic E-state index is 11.9. The van der Waals surface area contributed by atoms with Crippen LogP contribution in [0.2, 0.25) is 0 Å². The van der Waals surface area contributed by atoms with Gasteiger partial charge in [0, 0.05) is 30.7 Å². The molecule has 1 saturated carbocycles. The van der Waals surface area contributed by atoms with Crippen molar-refractivity contribution in [3.05, 3.63) is 29.8 Å². The molecule has 0 saturated heterocycles. The Bertz CT molecular complexity index is 434. The van der Waals surface area contributed by atoms with Crippen LogP contribution in [0.1, 0.15) is 31.2 Å². The van der Waals surface area contributed by atoms with Crippen molar-refractivity contribution in [1.82, 2.24) is 5.32 Å². The minimum absolute atomic E-state index is 0.0496. The minimum atomic E-state index is 0.0496. The summed E-state index contributed by atoms with van der Waals surface area (Å²) in [6.07, 6.45) is 4.18. The molecule has 2 unspecified atom stereocenters. The monoisotopic (exact) mass is 262 g/mol. The van der Waals surface area contributed by atoms with E-state index >= 15 is 0 Å². The fourth-order valence-corrected chi connectivity index (χ4v) is 2.73. The highest BCUT2D eigenvalue weighted by Gasteiger charge is 2.27. The highest BCUT2D eigenvalue weighted by molar-refractivity contribution is 5.76. The Hall–Kier alpha value is -1.55. The molecule has 19 heavy (non-hydrogen) atoms. The lowest BCUT2D eigenvalue weighted by atomic mass is 10.0. The maximum Gasteiger partial charge on any atom is 0.220 e. The van der Waals surface area contributed by atoms with E-state index in [1.165, 1.54) is 0 Å².